The number of hydrogen-bond acceptors (Lipinski definition) is 10. The van der Waals surface area contributed by atoms with E-state index in [1.807, 2.05) is 52.5 Å². The molecule has 2 heterocycles. The number of piperidine rings is 1. The van der Waals surface area contributed by atoms with Crippen LogP contribution in [-0.2, 0) is 23.9 Å². The number of phenols is 1. The van der Waals surface area contributed by atoms with Crippen LogP contribution in [0.15, 0.2) is 34.8 Å². The summed E-state index contributed by atoms with van der Waals surface area (Å²) in [4.78, 5) is 61.2. The van der Waals surface area contributed by atoms with Crippen LogP contribution < -0.4 is 16.0 Å². The fourth-order valence-corrected chi connectivity index (χ4v) is 8.83. The number of phenolic OH excluding ortho intramolecular Hbond substituents is 1. The van der Waals surface area contributed by atoms with E-state index in [0.29, 0.717) is 37.4 Å². The highest BCUT2D eigenvalue weighted by molar-refractivity contribution is 7.09. The fourth-order valence-electron chi connectivity index (χ4n) is 7.99. The van der Waals surface area contributed by atoms with Gasteiger partial charge < -0.3 is 35.4 Å². The second kappa shape index (κ2) is 18.2. The molecule has 12 nitrogen and oxygen atoms in total. The van der Waals surface area contributed by atoms with Gasteiger partial charge in [0.05, 0.1) is 19.1 Å². The summed E-state index contributed by atoms with van der Waals surface area (Å²) >= 11 is 1.35. The minimum Gasteiger partial charge on any atom is -0.508 e. The Bertz CT molecular complexity index is 1700. The molecule has 0 spiro atoms. The predicted octanol–water partition coefficient (Wildman–Crippen LogP) is 6.23. The molecule has 1 aromatic carbocycles. The number of nitrogens with zero attached hydrogens (tertiary/aromatic N) is 2. The van der Waals surface area contributed by atoms with Crippen molar-refractivity contribution < 1.29 is 33.8 Å². The molecule has 4 N–H and O–H groups in total. The van der Waals surface area contributed by atoms with Crippen molar-refractivity contribution in [2.75, 3.05) is 26.8 Å². The number of benzene rings is 1. The van der Waals surface area contributed by atoms with Gasteiger partial charge in [0.1, 0.15) is 28.6 Å². The first-order chi connectivity index (χ1) is 25.9. The number of rotatable bonds is 17. The molecule has 54 heavy (non-hydrogen) atoms. The number of fused-ring (bicyclic) bond motifs is 3. The number of ether oxygens (including phenoxy) is 2. The summed E-state index contributed by atoms with van der Waals surface area (Å²) in [5.74, 6) is -1.58. The molecule has 2 aromatic rings. The molecule has 0 bridgehead atoms. The van der Waals surface area contributed by atoms with Crippen molar-refractivity contribution in [3.8, 4) is 5.75 Å². The van der Waals surface area contributed by atoms with Crippen molar-refractivity contribution in [2.24, 2.45) is 5.92 Å². The number of carbonyl (C=O) groups excluding carboxylic acids is 4. The van der Waals surface area contributed by atoms with Crippen LogP contribution >= 0.6 is 11.3 Å². The highest BCUT2D eigenvalue weighted by atomic mass is 32.1. The second-order valence-electron chi connectivity index (χ2n) is 15.4. The van der Waals surface area contributed by atoms with E-state index >= 15 is 0 Å². The van der Waals surface area contributed by atoms with E-state index in [9.17, 15) is 24.3 Å². The van der Waals surface area contributed by atoms with Gasteiger partial charge in [-0.1, -0.05) is 52.2 Å². The van der Waals surface area contributed by atoms with Gasteiger partial charge in [0.15, 0.2) is 0 Å². The van der Waals surface area contributed by atoms with Crippen LogP contribution in [0.25, 0.3) is 0 Å². The summed E-state index contributed by atoms with van der Waals surface area (Å²) in [6.45, 7) is 13.8. The van der Waals surface area contributed by atoms with Crippen LogP contribution in [0.5, 0.6) is 5.75 Å². The van der Waals surface area contributed by atoms with Crippen LogP contribution in [0.1, 0.15) is 144 Å². The zero-order valence-electron chi connectivity index (χ0n) is 33.0. The number of aromatic hydroxyl groups is 1. The van der Waals surface area contributed by atoms with Crippen LogP contribution in [0.2, 0.25) is 0 Å². The van der Waals surface area contributed by atoms with Gasteiger partial charge in [-0.2, -0.15) is 0 Å². The summed E-state index contributed by atoms with van der Waals surface area (Å²) in [6, 6.07) is 4.08. The van der Waals surface area contributed by atoms with Gasteiger partial charge in [0.2, 0.25) is 11.8 Å². The lowest BCUT2D eigenvalue weighted by Gasteiger charge is -2.35. The molecule has 1 saturated carbocycles. The first-order valence-electron chi connectivity index (χ1n) is 19.7. The topological polar surface area (TPSA) is 159 Å². The number of methoxy groups -OCH3 is 1. The average Bonchev–Trinajstić information content (AvgIpc) is 3.66. The third-order valence-corrected chi connectivity index (χ3v) is 12.2. The molecule has 1 aliphatic heterocycles. The fraction of sp³-hybridized carbons (Fsp3) is 0.634. The van der Waals surface area contributed by atoms with Crippen molar-refractivity contribution in [3.05, 3.63) is 56.7 Å². The summed E-state index contributed by atoms with van der Waals surface area (Å²) in [5, 5.41) is 22.2. The Morgan fingerprint density at radius 3 is 2.54 bits per heavy atom. The monoisotopic (exact) mass is 765 g/mol. The van der Waals surface area contributed by atoms with Crippen molar-refractivity contribution >= 4 is 35.0 Å². The maximum Gasteiger partial charge on any atom is 0.313 e. The highest BCUT2D eigenvalue weighted by Gasteiger charge is 2.61. The van der Waals surface area contributed by atoms with Crippen LogP contribution in [0, 0.1) is 5.92 Å². The Morgan fingerprint density at radius 2 is 1.89 bits per heavy atom. The number of carbonyl (C=O) groups is 4. The molecule has 7 atom stereocenters. The number of esters is 1. The van der Waals surface area contributed by atoms with Gasteiger partial charge in [-0.15, -0.1) is 11.3 Å². The summed E-state index contributed by atoms with van der Waals surface area (Å²) < 4.78 is 11.5. The van der Waals surface area contributed by atoms with Gasteiger partial charge in [-0.3, -0.25) is 19.2 Å². The molecule has 1 aromatic heterocycles. The molecule has 296 valence electrons. The third-order valence-electron chi connectivity index (χ3n) is 11.3. The van der Waals surface area contributed by atoms with Crippen molar-refractivity contribution in [1.29, 1.82) is 0 Å². The number of allylic oxidation sites excluding steroid dienone is 1. The first-order valence-corrected chi connectivity index (χ1v) is 20.6. The van der Waals surface area contributed by atoms with Crippen LogP contribution in [0.3, 0.4) is 0 Å². The van der Waals surface area contributed by atoms with Gasteiger partial charge in [0, 0.05) is 42.1 Å². The van der Waals surface area contributed by atoms with E-state index in [2.05, 4.69) is 16.0 Å². The Balaban J connectivity index is 1.36. The lowest BCUT2D eigenvalue weighted by molar-refractivity contribution is -0.143. The van der Waals surface area contributed by atoms with E-state index < -0.39 is 29.6 Å². The Labute approximate surface area is 323 Å². The number of thiazole rings is 1. The van der Waals surface area contributed by atoms with Crippen LogP contribution in [0.4, 0.5) is 0 Å². The molecule has 2 fully saturated rings. The van der Waals surface area contributed by atoms with Gasteiger partial charge >= 0.3 is 5.97 Å². The van der Waals surface area contributed by atoms with E-state index in [1.54, 1.807) is 17.5 Å². The normalized spacial score (nSPS) is 23.1. The van der Waals surface area contributed by atoms with Crippen LogP contribution in [-0.4, -0.2) is 83.1 Å². The lowest BCUT2D eigenvalue weighted by atomic mass is 9.80. The number of amides is 3. The van der Waals surface area contributed by atoms with Gasteiger partial charge in [-0.05, 0) is 88.1 Å². The zero-order valence-corrected chi connectivity index (χ0v) is 33.8. The number of hydrogen-bond donors (Lipinski definition) is 4. The maximum atomic E-state index is 14.5. The van der Waals surface area contributed by atoms with Crippen molar-refractivity contribution in [1.82, 2.24) is 25.8 Å². The summed E-state index contributed by atoms with van der Waals surface area (Å²) in [6.07, 6.45) is 5.89. The largest absolute Gasteiger partial charge is 0.508 e. The molecule has 2 unspecified atom stereocenters. The summed E-state index contributed by atoms with van der Waals surface area (Å²) in [7, 11) is 1.35. The van der Waals surface area contributed by atoms with E-state index in [1.165, 1.54) is 18.4 Å². The average molecular weight is 766 g/mol. The first kappa shape index (κ1) is 41.4. The molecule has 5 rings (SSSR count). The minimum atomic E-state index is -0.681. The Morgan fingerprint density at radius 1 is 1.11 bits per heavy atom. The molecular weight excluding hydrogens is 707 g/mol. The van der Waals surface area contributed by atoms with Crippen molar-refractivity contribution in [2.45, 2.75) is 135 Å². The molecular formula is C41H59N5O7S. The second-order valence-corrected chi connectivity index (χ2v) is 16.3. The predicted molar refractivity (Wildman–Crippen MR) is 208 cm³/mol. The zero-order chi connectivity index (χ0) is 39.2. The van der Waals surface area contributed by atoms with Gasteiger partial charge in [0.25, 0.3) is 5.91 Å². The summed E-state index contributed by atoms with van der Waals surface area (Å²) in [5.41, 5.74) is 3.11. The number of nitrogens with one attached hydrogen (secondary N) is 3. The van der Waals surface area contributed by atoms with Crippen molar-refractivity contribution in [3.63, 3.8) is 0 Å². The molecule has 0 radical (unpaired) electrons. The van der Waals surface area contributed by atoms with Gasteiger partial charge in [-0.25, -0.2) is 4.98 Å². The third kappa shape index (κ3) is 9.17. The highest BCUT2D eigenvalue weighted by Crippen LogP contribution is 2.61. The minimum absolute atomic E-state index is 0.0157. The SMILES string of the molecule is CCCO[C@H](CC(=C(C)C)N(CCC)C(=O)[C@@H](NC(=O)[C@H]1CCCCN1)[C@@H](C)CC)c1nc(C(=O)NC23CC2c2ccc(O)cc2[C@H](C(=O)OC)C3)cs1. The lowest BCUT2D eigenvalue weighted by Crippen LogP contribution is -2.56. The Kier molecular flexibility index (Phi) is 14.0. The smallest absolute Gasteiger partial charge is 0.313 e. The standard InChI is InChI=1S/C41H59N5O7S/c1-8-17-46(39(50)35(25(6)10-3)44-36(48)31-13-11-12-16-42-31)33(24(4)5)20-34(53-18-9-2)38-43-32(23-54-38)37(49)45-41-21-29(40(51)52-7)28-19-26(47)14-15-27(28)30(41)22-41/h14-15,19,23,25,29-31,34-35,42,47H,8-13,16-18,20-22H2,1-7H3,(H,44,48)(H,45,49)/t25-,29+,30?,31+,34+,35-,41?/m0/s1. The molecule has 2 aliphatic carbocycles. The van der Waals surface area contributed by atoms with E-state index in [-0.39, 0.29) is 47.0 Å². The molecule has 3 aliphatic rings. The number of aromatic nitrogens is 1. The maximum absolute atomic E-state index is 14.5. The molecule has 1 saturated heterocycles. The Hall–Kier alpha value is -3.81. The van der Waals surface area contributed by atoms with E-state index in [4.69, 9.17) is 14.5 Å². The molecule has 3 amide bonds. The van der Waals surface area contributed by atoms with E-state index in [0.717, 1.165) is 67.5 Å². The molecule has 13 heteroatoms. The quantitative estimate of drug-likeness (QED) is 0.137.